The van der Waals surface area contributed by atoms with Crippen molar-refractivity contribution >= 4 is 39.3 Å². The molecule has 0 bridgehead atoms. The minimum absolute atomic E-state index is 0.00356. The quantitative estimate of drug-likeness (QED) is 0.367. The van der Waals surface area contributed by atoms with Crippen LogP contribution >= 0.6 is 27.5 Å². The number of amides is 2. The van der Waals surface area contributed by atoms with E-state index in [0.717, 1.165) is 22.0 Å². The van der Waals surface area contributed by atoms with Crippen molar-refractivity contribution in [2.24, 2.45) is 0 Å². The lowest BCUT2D eigenvalue weighted by Crippen LogP contribution is -2.51. The first-order valence-corrected chi connectivity index (χ1v) is 12.9. The second kappa shape index (κ2) is 12.6. The molecule has 0 spiro atoms. The third-order valence-corrected chi connectivity index (χ3v) is 6.67. The Bertz CT molecular complexity index is 973. The molecule has 0 saturated heterocycles. The van der Waals surface area contributed by atoms with E-state index in [1.807, 2.05) is 51.1 Å². The molecule has 7 heteroatoms. The van der Waals surface area contributed by atoms with Crippen LogP contribution in [-0.4, -0.2) is 35.4 Å². The second-order valence-corrected chi connectivity index (χ2v) is 10.9. The highest BCUT2D eigenvalue weighted by atomic mass is 79.9. The number of halogens is 2. The van der Waals surface area contributed by atoms with Crippen molar-refractivity contribution < 1.29 is 14.3 Å². The van der Waals surface area contributed by atoms with Gasteiger partial charge >= 0.3 is 0 Å². The Hall–Kier alpha value is -2.05. The van der Waals surface area contributed by atoms with Gasteiger partial charge in [-0.25, -0.2) is 0 Å². The minimum Gasteiger partial charge on any atom is -0.483 e. The molecule has 2 amide bonds. The summed E-state index contributed by atoms with van der Waals surface area (Å²) in [6.07, 6.45) is 1.31. The zero-order valence-corrected chi connectivity index (χ0v) is 23.3. The van der Waals surface area contributed by atoms with Gasteiger partial charge in [0.25, 0.3) is 5.91 Å². The summed E-state index contributed by atoms with van der Waals surface area (Å²) >= 11 is 9.59. The summed E-state index contributed by atoms with van der Waals surface area (Å²) in [6, 6.07) is 12.6. The molecule has 0 unspecified atom stereocenters. The van der Waals surface area contributed by atoms with Gasteiger partial charge in [-0.2, -0.15) is 0 Å². The average Bonchev–Trinajstić information content (AvgIpc) is 2.78. The zero-order chi connectivity index (χ0) is 25.5. The highest BCUT2D eigenvalue weighted by Gasteiger charge is 2.29. The van der Waals surface area contributed by atoms with E-state index in [9.17, 15) is 9.59 Å². The third kappa shape index (κ3) is 8.02. The smallest absolute Gasteiger partial charge is 0.261 e. The van der Waals surface area contributed by atoms with E-state index in [4.69, 9.17) is 16.3 Å². The second-order valence-electron chi connectivity index (χ2n) is 9.57. The van der Waals surface area contributed by atoms with Crippen LogP contribution in [0.2, 0.25) is 5.02 Å². The van der Waals surface area contributed by atoms with Gasteiger partial charge in [-0.3, -0.25) is 9.59 Å². The first kappa shape index (κ1) is 28.2. The van der Waals surface area contributed by atoms with Gasteiger partial charge in [0.2, 0.25) is 5.91 Å². The van der Waals surface area contributed by atoms with E-state index in [2.05, 4.69) is 42.0 Å². The van der Waals surface area contributed by atoms with Crippen LogP contribution in [0.5, 0.6) is 5.75 Å². The first-order chi connectivity index (χ1) is 16.0. The molecule has 2 aromatic carbocycles. The number of ether oxygens (including phenoxy) is 1. The summed E-state index contributed by atoms with van der Waals surface area (Å²) in [5, 5.41) is 3.63. The number of carbonyl (C=O) groups excluding carboxylic acids is 2. The van der Waals surface area contributed by atoms with Crippen LogP contribution in [0.15, 0.2) is 46.9 Å². The molecule has 2 rings (SSSR count). The number of carbonyl (C=O) groups is 2. The summed E-state index contributed by atoms with van der Waals surface area (Å²) in [4.78, 5) is 28.0. The van der Waals surface area contributed by atoms with E-state index in [1.54, 1.807) is 17.0 Å². The van der Waals surface area contributed by atoms with Gasteiger partial charge in [0, 0.05) is 17.6 Å². The molecule has 2 aromatic rings. The fraction of sp³-hybridized carbons (Fsp3) is 0.481. The van der Waals surface area contributed by atoms with Gasteiger partial charge in [-0.1, -0.05) is 64.4 Å². The standard InChI is InChI=1S/C27H36BrClN2O3/c1-7-18(3)30-26(33)23(8-2)31(16-19-9-12-21(29)13-10-19)25(32)17-34-24-14-11-20(15-22(24)28)27(4,5)6/h9-15,18,23H,7-8,16-17H2,1-6H3,(H,30,33)/t18-,23+/m1/s1. The van der Waals surface area contributed by atoms with Gasteiger partial charge in [0.15, 0.2) is 6.61 Å². The predicted molar refractivity (Wildman–Crippen MR) is 142 cm³/mol. The molecular weight excluding hydrogens is 516 g/mol. The van der Waals surface area contributed by atoms with Crippen LogP contribution in [-0.2, 0) is 21.5 Å². The number of rotatable bonds is 10. The van der Waals surface area contributed by atoms with Crippen molar-refractivity contribution in [1.82, 2.24) is 10.2 Å². The highest BCUT2D eigenvalue weighted by Crippen LogP contribution is 2.31. The lowest BCUT2D eigenvalue weighted by atomic mass is 9.87. The number of hydrogen-bond acceptors (Lipinski definition) is 3. The van der Waals surface area contributed by atoms with Crippen LogP contribution in [0, 0.1) is 0 Å². The Balaban J connectivity index is 2.24. The third-order valence-electron chi connectivity index (χ3n) is 5.80. The topological polar surface area (TPSA) is 58.6 Å². The maximum atomic E-state index is 13.4. The normalized spacial score (nSPS) is 13.2. The molecule has 0 saturated carbocycles. The van der Waals surface area contributed by atoms with Crippen LogP contribution in [0.3, 0.4) is 0 Å². The molecule has 0 aliphatic carbocycles. The Labute approximate surface area is 217 Å². The Morgan fingerprint density at radius 1 is 1.09 bits per heavy atom. The summed E-state index contributed by atoms with van der Waals surface area (Å²) in [5.41, 5.74) is 2.06. The molecule has 1 N–H and O–H groups in total. The fourth-order valence-corrected chi connectivity index (χ4v) is 4.07. The van der Waals surface area contributed by atoms with Crippen molar-refractivity contribution in [3.63, 3.8) is 0 Å². The predicted octanol–water partition coefficient (Wildman–Crippen LogP) is 6.50. The van der Waals surface area contributed by atoms with Crippen molar-refractivity contribution in [2.75, 3.05) is 6.61 Å². The molecule has 0 fully saturated rings. The highest BCUT2D eigenvalue weighted by molar-refractivity contribution is 9.10. The maximum absolute atomic E-state index is 13.4. The Kier molecular flexibility index (Phi) is 10.4. The van der Waals surface area contributed by atoms with Gasteiger partial charge in [0.05, 0.1) is 4.47 Å². The van der Waals surface area contributed by atoms with Crippen LogP contribution in [0.1, 0.15) is 65.5 Å². The van der Waals surface area contributed by atoms with Crippen LogP contribution < -0.4 is 10.1 Å². The van der Waals surface area contributed by atoms with Crippen molar-refractivity contribution in [3.8, 4) is 5.75 Å². The molecule has 2 atom stereocenters. The lowest BCUT2D eigenvalue weighted by molar-refractivity contribution is -0.143. The monoisotopic (exact) mass is 550 g/mol. The molecule has 186 valence electrons. The summed E-state index contributed by atoms with van der Waals surface area (Å²) in [6.45, 7) is 12.4. The van der Waals surface area contributed by atoms with Crippen LogP contribution in [0.25, 0.3) is 0 Å². The number of hydrogen-bond donors (Lipinski definition) is 1. The Morgan fingerprint density at radius 2 is 1.74 bits per heavy atom. The largest absolute Gasteiger partial charge is 0.483 e. The number of benzene rings is 2. The van der Waals surface area contributed by atoms with Gasteiger partial charge in [0.1, 0.15) is 11.8 Å². The van der Waals surface area contributed by atoms with E-state index in [0.29, 0.717) is 17.2 Å². The van der Waals surface area contributed by atoms with E-state index < -0.39 is 6.04 Å². The van der Waals surface area contributed by atoms with Crippen molar-refractivity contribution in [2.45, 2.75) is 78.4 Å². The van der Waals surface area contributed by atoms with E-state index in [-0.39, 0.29) is 36.4 Å². The van der Waals surface area contributed by atoms with Crippen molar-refractivity contribution in [3.05, 3.63) is 63.1 Å². The summed E-state index contributed by atoms with van der Waals surface area (Å²) in [7, 11) is 0. The molecule has 0 aromatic heterocycles. The average molecular weight is 552 g/mol. The van der Waals surface area contributed by atoms with Gasteiger partial charge < -0.3 is 15.0 Å². The first-order valence-electron chi connectivity index (χ1n) is 11.7. The molecule has 34 heavy (non-hydrogen) atoms. The Morgan fingerprint density at radius 3 is 2.26 bits per heavy atom. The van der Waals surface area contributed by atoms with Gasteiger partial charge in [-0.05, 0) is 76.5 Å². The lowest BCUT2D eigenvalue weighted by Gasteiger charge is -2.31. The number of nitrogens with zero attached hydrogens (tertiary/aromatic N) is 1. The summed E-state index contributed by atoms with van der Waals surface area (Å²) < 4.78 is 6.68. The molecular formula is C27H36BrClN2O3. The summed E-state index contributed by atoms with van der Waals surface area (Å²) in [5.74, 6) is 0.174. The molecule has 5 nitrogen and oxygen atoms in total. The minimum atomic E-state index is -0.604. The molecule has 0 aliphatic rings. The SMILES string of the molecule is CC[C@@H](C)NC(=O)[C@H](CC)N(Cc1ccc(Cl)cc1)C(=O)COc1ccc(C(C)(C)C)cc1Br. The molecule has 0 aliphatic heterocycles. The van der Waals surface area contributed by atoms with Crippen molar-refractivity contribution in [1.29, 1.82) is 0 Å². The van der Waals surface area contributed by atoms with E-state index >= 15 is 0 Å². The molecule has 0 heterocycles. The molecule has 0 radical (unpaired) electrons. The fourth-order valence-electron chi connectivity index (χ4n) is 3.45. The number of nitrogens with one attached hydrogen (secondary N) is 1. The van der Waals surface area contributed by atoms with E-state index in [1.165, 1.54) is 0 Å². The maximum Gasteiger partial charge on any atom is 0.261 e. The van der Waals surface area contributed by atoms with Gasteiger partial charge in [-0.15, -0.1) is 0 Å². The zero-order valence-electron chi connectivity index (χ0n) is 21.0. The van der Waals surface area contributed by atoms with Crippen LogP contribution in [0.4, 0.5) is 0 Å².